The molecular formula is C13H11FIN. The molecule has 0 aliphatic rings. The van der Waals surface area contributed by atoms with Crippen molar-refractivity contribution in [2.24, 2.45) is 5.73 Å². The lowest BCUT2D eigenvalue weighted by molar-refractivity contribution is 0.625. The predicted molar refractivity (Wildman–Crippen MR) is 71.6 cm³/mol. The highest BCUT2D eigenvalue weighted by Crippen LogP contribution is 2.24. The largest absolute Gasteiger partial charge is 0.320 e. The molecule has 1 unspecified atom stereocenters. The number of rotatable bonds is 2. The molecule has 16 heavy (non-hydrogen) atoms. The maximum absolute atomic E-state index is 13.0. The maximum atomic E-state index is 13.0. The van der Waals surface area contributed by atoms with Crippen molar-refractivity contribution in [3.05, 3.63) is 69.0 Å². The minimum Gasteiger partial charge on any atom is -0.320 e. The van der Waals surface area contributed by atoms with Gasteiger partial charge in [-0.2, -0.15) is 0 Å². The maximum Gasteiger partial charge on any atom is 0.124 e. The van der Waals surface area contributed by atoms with Gasteiger partial charge in [0.25, 0.3) is 0 Å². The third-order valence-electron chi connectivity index (χ3n) is 2.46. The molecule has 0 amide bonds. The van der Waals surface area contributed by atoms with E-state index >= 15 is 0 Å². The minimum atomic E-state index is -0.228. The number of hydrogen-bond acceptors (Lipinski definition) is 1. The van der Waals surface area contributed by atoms with Gasteiger partial charge in [0.2, 0.25) is 0 Å². The second-order valence-electron chi connectivity index (χ2n) is 3.55. The summed E-state index contributed by atoms with van der Waals surface area (Å²) in [7, 11) is 0. The van der Waals surface area contributed by atoms with Crippen molar-refractivity contribution in [3.8, 4) is 0 Å². The van der Waals surface area contributed by atoms with Gasteiger partial charge >= 0.3 is 0 Å². The van der Waals surface area contributed by atoms with Gasteiger partial charge in [-0.1, -0.05) is 36.4 Å². The van der Waals surface area contributed by atoms with Crippen molar-refractivity contribution in [3.63, 3.8) is 0 Å². The first-order valence-corrected chi connectivity index (χ1v) is 6.02. The van der Waals surface area contributed by atoms with E-state index in [2.05, 4.69) is 22.6 Å². The van der Waals surface area contributed by atoms with E-state index in [0.29, 0.717) is 0 Å². The summed E-state index contributed by atoms with van der Waals surface area (Å²) in [5.74, 6) is -0.228. The Bertz CT molecular complexity index is 485. The van der Waals surface area contributed by atoms with Gasteiger partial charge in [0.1, 0.15) is 5.82 Å². The lowest BCUT2D eigenvalue weighted by Crippen LogP contribution is -2.13. The van der Waals surface area contributed by atoms with Gasteiger partial charge in [-0.25, -0.2) is 4.39 Å². The predicted octanol–water partition coefficient (Wildman–Crippen LogP) is 3.48. The van der Waals surface area contributed by atoms with Crippen LogP contribution in [0, 0.1) is 9.39 Å². The zero-order chi connectivity index (χ0) is 11.5. The molecule has 0 radical (unpaired) electrons. The van der Waals surface area contributed by atoms with E-state index in [1.165, 1.54) is 12.1 Å². The molecule has 0 aliphatic carbocycles. The topological polar surface area (TPSA) is 26.0 Å². The van der Waals surface area contributed by atoms with Crippen LogP contribution in [0.3, 0.4) is 0 Å². The molecular weight excluding hydrogens is 316 g/mol. The van der Waals surface area contributed by atoms with Crippen LogP contribution in [0.4, 0.5) is 4.39 Å². The van der Waals surface area contributed by atoms with Gasteiger partial charge in [0.15, 0.2) is 0 Å². The fourth-order valence-corrected chi connectivity index (χ4v) is 2.41. The number of nitrogens with two attached hydrogens (primary N) is 1. The molecule has 0 bridgehead atoms. The Balaban J connectivity index is 2.38. The van der Waals surface area contributed by atoms with Crippen molar-refractivity contribution in [1.29, 1.82) is 0 Å². The summed E-state index contributed by atoms with van der Waals surface area (Å²) in [6.45, 7) is 0. The molecule has 0 aliphatic heterocycles. The quantitative estimate of drug-likeness (QED) is 0.840. The van der Waals surface area contributed by atoms with Crippen LogP contribution in [0.15, 0.2) is 48.5 Å². The summed E-state index contributed by atoms with van der Waals surface area (Å²) in [6, 6.07) is 14.3. The first-order valence-electron chi connectivity index (χ1n) is 4.94. The van der Waals surface area contributed by atoms with Gasteiger partial charge < -0.3 is 5.73 Å². The van der Waals surface area contributed by atoms with Crippen LogP contribution in [0.25, 0.3) is 0 Å². The van der Waals surface area contributed by atoms with Crippen molar-refractivity contribution in [2.75, 3.05) is 0 Å². The molecule has 1 atom stereocenters. The van der Waals surface area contributed by atoms with Gasteiger partial charge in [-0.15, -0.1) is 0 Å². The monoisotopic (exact) mass is 327 g/mol. The summed E-state index contributed by atoms with van der Waals surface area (Å²) >= 11 is 2.11. The summed E-state index contributed by atoms with van der Waals surface area (Å²) in [4.78, 5) is 0. The van der Waals surface area contributed by atoms with Gasteiger partial charge in [-0.3, -0.25) is 0 Å². The van der Waals surface area contributed by atoms with E-state index in [9.17, 15) is 4.39 Å². The Morgan fingerprint density at radius 3 is 2.38 bits per heavy atom. The van der Waals surface area contributed by atoms with Crippen LogP contribution in [0.2, 0.25) is 0 Å². The normalized spacial score (nSPS) is 12.4. The molecule has 2 aromatic carbocycles. The summed E-state index contributed by atoms with van der Waals surface area (Å²) < 4.78 is 13.8. The van der Waals surface area contributed by atoms with Crippen molar-refractivity contribution in [2.45, 2.75) is 6.04 Å². The molecule has 0 aromatic heterocycles. The SMILES string of the molecule is NC(c1ccccc1)c1ccc(F)cc1I. The molecule has 1 nitrogen and oxygen atoms in total. The van der Waals surface area contributed by atoms with Crippen molar-refractivity contribution in [1.82, 2.24) is 0 Å². The molecule has 82 valence electrons. The second-order valence-corrected chi connectivity index (χ2v) is 4.72. The van der Waals surface area contributed by atoms with Gasteiger partial charge in [-0.05, 0) is 45.9 Å². The zero-order valence-electron chi connectivity index (χ0n) is 8.53. The first-order chi connectivity index (χ1) is 7.68. The van der Waals surface area contributed by atoms with E-state index < -0.39 is 0 Å². The highest BCUT2D eigenvalue weighted by molar-refractivity contribution is 14.1. The Labute approximate surface area is 108 Å². The number of hydrogen-bond donors (Lipinski definition) is 1. The first kappa shape index (κ1) is 11.5. The van der Waals surface area contributed by atoms with Crippen LogP contribution in [0.5, 0.6) is 0 Å². The third kappa shape index (κ3) is 2.41. The highest BCUT2D eigenvalue weighted by Gasteiger charge is 2.11. The average molecular weight is 327 g/mol. The van der Waals surface area contributed by atoms with Crippen molar-refractivity contribution >= 4 is 22.6 Å². The van der Waals surface area contributed by atoms with Crippen LogP contribution in [-0.4, -0.2) is 0 Å². The van der Waals surface area contributed by atoms with Crippen molar-refractivity contribution < 1.29 is 4.39 Å². The fourth-order valence-electron chi connectivity index (χ4n) is 1.59. The summed E-state index contributed by atoms with van der Waals surface area (Å²) in [5, 5.41) is 0. The summed E-state index contributed by atoms with van der Waals surface area (Å²) in [5.41, 5.74) is 8.13. The molecule has 0 saturated heterocycles. The Hall–Kier alpha value is -0.940. The smallest absolute Gasteiger partial charge is 0.124 e. The molecule has 0 saturated carbocycles. The van der Waals surface area contributed by atoms with Crippen LogP contribution in [0.1, 0.15) is 17.2 Å². The van der Waals surface area contributed by atoms with E-state index in [-0.39, 0.29) is 11.9 Å². The van der Waals surface area contributed by atoms with Gasteiger partial charge in [0.05, 0.1) is 6.04 Å². The number of halogens is 2. The Morgan fingerprint density at radius 1 is 1.06 bits per heavy atom. The van der Waals surface area contributed by atoms with E-state index in [1.807, 2.05) is 30.3 Å². The molecule has 2 rings (SSSR count). The zero-order valence-corrected chi connectivity index (χ0v) is 10.7. The lowest BCUT2D eigenvalue weighted by Gasteiger charge is -2.14. The standard InChI is InChI=1S/C13H11FIN/c14-10-6-7-11(12(15)8-10)13(16)9-4-2-1-3-5-9/h1-8,13H,16H2. The Kier molecular flexibility index (Phi) is 3.56. The Morgan fingerprint density at radius 2 is 1.75 bits per heavy atom. The van der Waals surface area contributed by atoms with Crippen LogP contribution in [-0.2, 0) is 0 Å². The highest BCUT2D eigenvalue weighted by atomic mass is 127. The molecule has 0 heterocycles. The van der Waals surface area contributed by atoms with E-state index in [1.54, 1.807) is 6.07 Å². The fraction of sp³-hybridized carbons (Fsp3) is 0.0769. The average Bonchev–Trinajstić information content (AvgIpc) is 2.29. The molecule has 2 aromatic rings. The molecule has 2 N–H and O–H groups in total. The number of benzene rings is 2. The van der Waals surface area contributed by atoms with E-state index in [0.717, 1.165) is 14.7 Å². The van der Waals surface area contributed by atoms with E-state index in [4.69, 9.17) is 5.73 Å². The third-order valence-corrected chi connectivity index (χ3v) is 3.39. The second kappa shape index (κ2) is 4.93. The summed E-state index contributed by atoms with van der Waals surface area (Å²) in [6.07, 6.45) is 0. The molecule has 3 heteroatoms. The van der Waals surface area contributed by atoms with Crippen LogP contribution >= 0.6 is 22.6 Å². The van der Waals surface area contributed by atoms with Gasteiger partial charge in [0, 0.05) is 3.57 Å². The lowest BCUT2D eigenvalue weighted by atomic mass is 10.00. The molecule has 0 fully saturated rings. The minimum absolute atomic E-state index is 0.200. The van der Waals surface area contributed by atoms with Crippen LogP contribution < -0.4 is 5.73 Å². The molecule has 0 spiro atoms.